The second kappa shape index (κ2) is 7.48. The van der Waals surface area contributed by atoms with Gasteiger partial charge in [-0.2, -0.15) is 0 Å². The number of amides is 1. The van der Waals surface area contributed by atoms with E-state index in [1.165, 1.54) is 18.5 Å². The summed E-state index contributed by atoms with van der Waals surface area (Å²) in [7, 11) is 0. The number of aromatic nitrogens is 1. The van der Waals surface area contributed by atoms with Crippen LogP contribution in [0.1, 0.15) is 35.7 Å². The number of nitrogens with two attached hydrogens (primary N) is 1. The SMILES string of the molecule is C[C@@H]1CCCN1c1ccc(-c2cnc(N)c(-c3ccc4c(c3)CCNC4=O)c2)cc1. The predicted molar refractivity (Wildman–Crippen MR) is 122 cm³/mol. The van der Waals surface area contributed by atoms with Crippen molar-refractivity contribution in [3.05, 3.63) is 65.9 Å². The van der Waals surface area contributed by atoms with Crippen LogP contribution in [0.2, 0.25) is 0 Å². The van der Waals surface area contributed by atoms with Crippen molar-refractivity contribution >= 4 is 17.4 Å². The highest BCUT2D eigenvalue weighted by atomic mass is 16.1. The summed E-state index contributed by atoms with van der Waals surface area (Å²) in [5.74, 6) is 0.497. The van der Waals surface area contributed by atoms with Gasteiger partial charge >= 0.3 is 0 Å². The highest BCUT2D eigenvalue weighted by Gasteiger charge is 2.21. The lowest BCUT2D eigenvalue weighted by Gasteiger charge is -2.24. The molecule has 3 N–H and O–H groups in total. The first-order chi connectivity index (χ1) is 14.6. The molecule has 2 aromatic carbocycles. The van der Waals surface area contributed by atoms with Crippen LogP contribution < -0.4 is 16.0 Å². The van der Waals surface area contributed by atoms with Gasteiger partial charge in [0.05, 0.1) is 0 Å². The minimum absolute atomic E-state index is 0.00458. The third-order valence-electron chi connectivity index (χ3n) is 6.34. The van der Waals surface area contributed by atoms with Gasteiger partial charge in [0.2, 0.25) is 0 Å². The van der Waals surface area contributed by atoms with Crippen LogP contribution in [0.25, 0.3) is 22.3 Å². The third-order valence-corrected chi connectivity index (χ3v) is 6.34. The monoisotopic (exact) mass is 398 g/mol. The maximum Gasteiger partial charge on any atom is 0.251 e. The Morgan fingerprint density at radius 3 is 2.60 bits per heavy atom. The van der Waals surface area contributed by atoms with Crippen LogP contribution in [0.15, 0.2) is 54.7 Å². The molecular formula is C25H26N4O. The van der Waals surface area contributed by atoms with Crippen molar-refractivity contribution in [2.24, 2.45) is 0 Å². The van der Waals surface area contributed by atoms with E-state index < -0.39 is 0 Å². The number of carbonyl (C=O) groups is 1. The fraction of sp³-hybridized carbons (Fsp3) is 0.280. The number of nitrogen functional groups attached to an aromatic ring is 1. The zero-order valence-electron chi connectivity index (χ0n) is 17.2. The average Bonchev–Trinajstić information content (AvgIpc) is 3.20. The zero-order chi connectivity index (χ0) is 20.7. The zero-order valence-corrected chi connectivity index (χ0v) is 17.2. The van der Waals surface area contributed by atoms with Crippen molar-refractivity contribution in [1.82, 2.24) is 10.3 Å². The number of hydrogen-bond acceptors (Lipinski definition) is 4. The van der Waals surface area contributed by atoms with E-state index in [2.05, 4.69) is 58.5 Å². The molecule has 5 heteroatoms. The topological polar surface area (TPSA) is 71.2 Å². The number of rotatable bonds is 3. The summed E-state index contributed by atoms with van der Waals surface area (Å²) in [4.78, 5) is 19.0. The number of carbonyl (C=O) groups excluding carboxylic acids is 1. The summed E-state index contributed by atoms with van der Waals surface area (Å²) in [6.45, 7) is 4.09. The molecular weight excluding hydrogens is 372 g/mol. The predicted octanol–water partition coefficient (Wildman–Crippen LogP) is 4.27. The van der Waals surface area contributed by atoms with E-state index in [4.69, 9.17) is 5.73 Å². The standard InChI is InChI=1S/C25H26N4O/c1-16-3-2-12-29(16)21-7-4-17(5-8-21)20-14-23(24(26)28-15-20)18-6-9-22-19(13-18)10-11-27-25(22)30/h4-9,13-16H,2-3,10-12H2,1H3,(H2,26,28)(H,27,30)/t16-/m1/s1. The van der Waals surface area contributed by atoms with Crippen LogP contribution in [0.5, 0.6) is 0 Å². The number of anilines is 2. The second-order valence-corrected chi connectivity index (χ2v) is 8.27. The summed E-state index contributed by atoms with van der Waals surface area (Å²) < 4.78 is 0. The van der Waals surface area contributed by atoms with Gasteiger partial charge < -0.3 is 16.0 Å². The van der Waals surface area contributed by atoms with Crippen molar-refractivity contribution in [1.29, 1.82) is 0 Å². The summed E-state index contributed by atoms with van der Waals surface area (Å²) in [6.07, 6.45) is 5.18. The Bertz CT molecular complexity index is 1110. The maximum atomic E-state index is 12.0. The molecule has 0 spiro atoms. The Hall–Kier alpha value is -3.34. The van der Waals surface area contributed by atoms with Gasteiger partial charge in [-0.1, -0.05) is 24.3 Å². The molecule has 5 rings (SSSR count). The number of hydrogen-bond donors (Lipinski definition) is 2. The molecule has 30 heavy (non-hydrogen) atoms. The molecule has 2 aliphatic heterocycles. The van der Waals surface area contributed by atoms with Crippen LogP contribution in [0.4, 0.5) is 11.5 Å². The Balaban J connectivity index is 1.47. The van der Waals surface area contributed by atoms with Gasteiger partial charge in [0.15, 0.2) is 0 Å². The fourth-order valence-corrected chi connectivity index (χ4v) is 4.62. The van der Waals surface area contributed by atoms with Crippen molar-refractivity contribution in [3.8, 4) is 22.3 Å². The van der Waals surface area contributed by atoms with Crippen LogP contribution >= 0.6 is 0 Å². The van der Waals surface area contributed by atoms with Crippen LogP contribution in [-0.4, -0.2) is 30.0 Å². The van der Waals surface area contributed by atoms with Crippen molar-refractivity contribution in [2.75, 3.05) is 23.7 Å². The number of fused-ring (bicyclic) bond motifs is 1. The third kappa shape index (κ3) is 3.30. The van der Waals surface area contributed by atoms with Crippen molar-refractivity contribution in [3.63, 3.8) is 0 Å². The maximum absolute atomic E-state index is 12.0. The lowest BCUT2D eigenvalue weighted by Crippen LogP contribution is -2.31. The van der Waals surface area contributed by atoms with Gasteiger partial charge in [-0.15, -0.1) is 0 Å². The molecule has 2 aliphatic rings. The number of benzene rings is 2. The molecule has 1 atom stereocenters. The van der Waals surface area contributed by atoms with Crippen LogP contribution in [0, 0.1) is 0 Å². The molecule has 5 nitrogen and oxygen atoms in total. The first-order valence-electron chi connectivity index (χ1n) is 10.6. The van der Waals surface area contributed by atoms with E-state index in [0.717, 1.165) is 46.3 Å². The van der Waals surface area contributed by atoms with E-state index >= 15 is 0 Å². The van der Waals surface area contributed by atoms with Crippen LogP contribution in [0.3, 0.4) is 0 Å². The summed E-state index contributed by atoms with van der Waals surface area (Å²) in [5, 5.41) is 2.89. The van der Waals surface area contributed by atoms with E-state index in [1.807, 2.05) is 18.3 Å². The van der Waals surface area contributed by atoms with E-state index in [0.29, 0.717) is 18.4 Å². The van der Waals surface area contributed by atoms with Crippen molar-refractivity contribution in [2.45, 2.75) is 32.2 Å². The quantitative estimate of drug-likeness (QED) is 0.691. The molecule has 0 unspecified atom stereocenters. The highest BCUT2D eigenvalue weighted by Crippen LogP contribution is 2.33. The molecule has 1 fully saturated rings. The van der Waals surface area contributed by atoms with Gasteiger partial charge in [-0.3, -0.25) is 4.79 Å². The Kier molecular flexibility index (Phi) is 4.66. The molecule has 1 saturated heterocycles. The van der Waals surface area contributed by atoms with E-state index in [-0.39, 0.29) is 5.91 Å². The number of nitrogens with zero attached hydrogens (tertiary/aromatic N) is 2. The molecule has 152 valence electrons. The van der Waals surface area contributed by atoms with Gasteiger partial charge in [0.25, 0.3) is 5.91 Å². The van der Waals surface area contributed by atoms with Gasteiger partial charge in [0, 0.05) is 47.7 Å². The lowest BCUT2D eigenvalue weighted by atomic mass is 9.94. The largest absolute Gasteiger partial charge is 0.383 e. The smallest absolute Gasteiger partial charge is 0.251 e. The van der Waals surface area contributed by atoms with Crippen LogP contribution in [-0.2, 0) is 6.42 Å². The first-order valence-corrected chi connectivity index (χ1v) is 10.6. The number of pyridine rings is 1. The molecule has 1 amide bonds. The molecule has 0 saturated carbocycles. The number of nitrogens with one attached hydrogen (secondary N) is 1. The summed E-state index contributed by atoms with van der Waals surface area (Å²) >= 11 is 0. The minimum atomic E-state index is -0.00458. The molecule has 3 aromatic rings. The van der Waals surface area contributed by atoms with E-state index in [9.17, 15) is 4.79 Å². The molecule has 0 bridgehead atoms. The summed E-state index contributed by atoms with van der Waals surface area (Å²) in [6, 6.07) is 17.3. The average molecular weight is 399 g/mol. The fourth-order valence-electron chi connectivity index (χ4n) is 4.62. The molecule has 0 aliphatic carbocycles. The lowest BCUT2D eigenvalue weighted by molar-refractivity contribution is 0.0946. The van der Waals surface area contributed by atoms with E-state index in [1.54, 1.807) is 0 Å². The van der Waals surface area contributed by atoms with Gasteiger partial charge in [0.1, 0.15) is 5.82 Å². The Morgan fingerprint density at radius 2 is 1.83 bits per heavy atom. The summed E-state index contributed by atoms with van der Waals surface area (Å²) in [5.41, 5.74) is 13.4. The highest BCUT2D eigenvalue weighted by molar-refractivity contribution is 5.97. The molecule has 0 radical (unpaired) electrons. The normalized spacial score (nSPS) is 18.2. The minimum Gasteiger partial charge on any atom is -0.383 e. The van der Waals surface area contributed by atoms with Gasteiger partial charge in [-0.05, 0) is 67.1 Å². The second-order valence-electron chi connectivity index (χ2n) is 8.27. The Morgan fingerprint density at radius 1 is 1.03 bits per heavy atom. The molecule has 1 aromatic heterocycles. The van der Waals surface area contributed by atoms with Gasteiger partial charge in [-0.25, -0.2) is 4.98 Å². The van der Waals surface area contributed by atoms with Crippen molar-refractivity contribution < 1.29 is 4.79 Å². The first kappa shape index (κ1) is 18.7. The Labute approximate surface area is 176 Å². The molecule has 3 heterocycles.